The van der Waals surface area contributed by atoms with Crippen molar-refractivity contribution in [1.82, 2.24) is 0 Å². The Labute approximate surface area is 183 Å². The summed E-state index contributed by atoms with van der Waals surface area (Å²) in [5.41, 5.74) is 2.50. The van der Waals surface area contributed by atoms with Crippen molar-refractivity contribution in [3.05, 3.63) is 84.4 Å². The minimum atomic E-state index is -0.168. The number of nitrogens with one attached hydrogen (secondary N) is 2. The number of hydrogen-bond donors (Lipinski definition) is 2. The van der Waals surface area contributed by atoms with Gasteiger partial charge in [0.05, 0.1) is 18.8 Å². The molecule has 0 aromatic heterocycles. The van der Waals surface area contributed by atoms with Crippen LogP contribution in [-0.2, 0) is 16.1 Å². The Hall–Kier alpha value is -3.51. The quantitative estimate of drug-likeness (QED) is 0.415. The van der Waals surface area contributed by atoms with E-state index >= 15 is 0 Å². The highest BCUT2D eigenvalue weighted by atomic mass is 16.5. The molecule has 3 aromatic carbocycles. The van der Waals surface area contributed by atoms with Gasteiger partial charge in [-0.15, -0.1) is 0 Å². The van der Waals surface area contributed by atoms with Crippen molar-refractivity contribution in [3.8, 4) is 11.5 Å². The first-order chi connectivity index (χ1) is 15.2. The van der Waals surface area contributed by atoms with Gasteiger partial charge in [0.2, 0.25) is 5.91 Å². The first-order valence-electron chi connectivity index (χ1n) is 10.3. The molecule has 0 aliphatic rings. The minimum Gasteiger partial charge on any atom is -0.491 e. The summed E-state index contributed by atoms with van der Waals surface area (Å²) in [5.74, 6) is 1.19. The Morgan fingerprint density at radius 2 is 1.68 bits per heavy atom. The average molecular weight is 421 g/mol. The highest BCUT2D eigenvalue weighted by molar-refractivity contribution is 5.95. The van der Waals surface area contributed by atoms with Crippen molar-refractivity contribution in [2.24, 2.45) is 0 Å². The fourth-order valence-electron chi connectivity index (χ4n) is 2.87. The highest BCUT2D eigenvalue weighted by Gasteiger charge is 2.08. The normalized spacial score (nSPS) is 10.4. The van der Waals surface area contributed by atoms with E-state index in [-0.39, 0.29) is 12.5 Å². The lowest BCUT2D eigenvalue weighted by atomic mass is 10.2. The Morgan fingerprint density at radius 3 is 2.52 bits per heavy atom. The third-order valence-electron chi connectivity index (χ3n) is 4.39. The zero-order valence-corrected chi connectivity index (χ0v) is 17.7. The Bertz CT molecular complexity index is 947. The van der Waals surface area contributed by atoms with Crippen molar-refractivity contribution < 1.29 is 19.0 Å². The number of carbonyl (C=O) groups is 1. The van der Waals surface area contributed by atoms with Gasteiger partial charge in [-0.1, -0.05) is 48.5 Å². The second-order valence-corrected chi connectivity index (χ2v) is 6.75. The molecule has 0 unspecified atom stereocenters. The predicted octanol–water partition coefficient (Wildman–Crippen LogP) is 4.73. The standard InChI is InChI=1S/C25H28N2O4/c1-2-29-15-16-30-22-12-8-11-21(17-22)26-18-25(28)27-23-13-6-7-14-24(23)31-19-20-9-4-3-5-10-20/h3-14,17,26H,2,15-16,18-19H2,1H3,(H,27,28). The summed E-state index contributed by atoms with van der Waals surface area (Å²) in [6.07, 6.45) is 0. The molecule has 6 nitrogen and oxygen atoms in total. The highest BCUT2D eigenvalue weighted by Crippen LogP contribution is 2.25. The van der Waals surface area contributed by atoms with Gasteiger partial charge in [-0.2, -0.15) is 0 Å². The molecule has 0 atom stereocenters. The van der Waals surface area contributed by atoms with Gasteiger partial charge in [0.25, 0.3) is 0 Å². The lowest BCUT2D eigenvalue weighted by Gasteiger charge is -2.13. The first kappa shape index (κ1) is 22.2. The molecule has 3 rings (SSSR count). The van der Waals surface area contributed by atoms with Crippen LogP contribution in [0.15, 0.2) is 78.9 Å². The van der Waals surface area contributed by atoms with Gasteiger partial charge in [0.15, 0.2) is 0 Å². The second-order valence-electron chi connectivity index (χ2n) is 6.75. The zero-order valence-electron chi connectivity index (χ0n) is 17.7. The van der Waals surface area contributed by atoms with Gasteiger partial charge in [-0.25, -0.2) is 0 Å². The topological polar surface area (TPSA) is 68.8 Å². The maximum atomic E-state index is 12.5. The summed E-state index contributed by atoms with van der Waals surface area (Å²) >= 11 is 0. The minimum absolute atomic E-state index is 0.120. The Balaban J connectivity index is 1.50. The fourth-order valence-corrected chi connectivity index (χ4v) is 2.87. The SMILES string of the molecule is CCOCCOc1cccc(NCC(=O)Nc2ccccc2OCc2ccccc2)c1. The van der Waals surface area contributed by atoms with Gasteiger partial charge < -0.3 is 24.8 Å². The van der Waals surface area contributed by atoms with E-state index in [9.17, 15) is 4.79 Å². The van der Waals surface area contributed by atoms with Crippen LogP contribution in [-0.4, -0.2) is 32.3 Å². The van der Waals surface area contributed by atoms with Crippen LogP contribution in [0, 0.1) is 0 Å². The van der Waals surface area contributed by atoms with Crippen LogP contribution < -0.4 is 20.1 Å². The lowest BCUT2D eigenvalue weighted by molar-refractivity contribution is -0.114. The summed E-state index contributed by atoms with van der Waals surface area (Å²) in [6.45, 7) is 4.20. The Morgan fingerprint density at radius 1 is 0.871 bits per heavy atom. The molecule has 162 valence electrons. The van der Waals surface area contributed by atoms with E-state index in [2.05, 4.69) is 10.6 Å². The summed E-state index contributed by atoms with van der Waals surface area (Å²) in [5, 5.41) is 6.03. The van der Waals surface area contributed by atoms with Gasteiger partial charge in [0, 0.05) is 18.4 Å². The van der Waals surface area contributed by atoms with E-state index in [1.165, 1.54) is 0 Å². The third kappa shape index (κ3) is 7.68. The van der Waals surface area contributed by atoms with E-state index in [0.717, 1.165) is 17.0 Å². The summed E-state index contributed by atoms with van der Waals surface area (Å²) in [7, 11) is 0. The molecule has 0 bridgehead atoms. The number of amides is 1. The smallest absolute Gasteiger partial charge is 0.243 e. The van der Waals surface area contributed by atoms with E-state index < -0.39 is 0 Å². The summed E-state index contributed by atoms with van der Waals surface area (Å²) in [4.78, 5) is 12.5. The molecule has 0 spiro atoms. The molecule has 0 saturated heterocycles. The molecular weight excluding hydrogens is 392 g/mol. The first-order valence-corrected chi connectivity index (χ1v) is 10.3. The largest absolute Gasteiger partial charge is 0.491 e. The van der Waals surface area contributed by atoms with E-state index in [4.69, 9.17) is 14.2 Å². The monoisotopic (exact) mass is 420 g/mol. The summed E-state index contributed by atoms with van der Waals surface area (Å²) in [6, 6.07) is 24.8. The van der Waals surface area contributed by atoms with Crippen LogP contribution in [0.5, 0.6) is 11.5 Å². The molecule has 3 aromatic rings. The molecule has 0 fully saturated rings. The number of anilines is 2. The maximum absolute atomic E-state index is 12.5. The predicted molar refractivity (Wildman–Crippen MR) is 123 cm³/mol. The lowest BCUT2D eigenvalue weighted by Crippen LogP contribution is -2.22. The third-order valence-corrected chi connectivity index (χ3v) is 4.39. The fraction of sp³-hybridized carbons (Fsp3) is 0.240. The summed E-state index contributed by atoms with van der Waals surface area (Å²) < 4.78 is 16.8. The van der Waals surface area contributed by atoms with Crippen LogP contribution in [0.3, 0.4) is 0 Å². The van der Waals surface area contributed by atoms with Gasteiger partial charge in [-0.3, -0.25) is 4.79 Å². The molecule has 6 heteroatoms. The number of benzene rings is 3. The van der Waals surface area contributed by atoms with E-state index in [1.54, 1.807) is 0 Å². The van der Waals surface area contributed by atoms with Gasteiger partial charge >= 0.3 is 0 Å². The second kappa shape index (κ2) is 12.2. The number of para-hydroxylation sites is 2. The molecule has 31 heavy (non-hydrogen) atoms. The number of hydrogen-bond acceptors (Lipinski definition) is 5. The number of carbonyl (C=O) groups excluding carboxylic acids is 1. The van der Waals surface area contributed by atoms with Crippen molar-refractivity contribution in [3.63, 3.8) is 0 Å². The van der Waals surface area contributed by atoms with Crippen molar-refractivity contribution >= 4 is 17.3 Å². The molecular formula is C25H28N2O4. The molecule has 0 saturated carbocycles. The van der Waals surface area contributed by atoms with Crippen molar-refractivity contribution in [2.45, 2.75) is 13.5 Å². The van der Waals surface area contributed by atoms with Crippen LogP contribution >= 0.6 is 0 Å². The Kier molecular flexibility index (Phi) is 8.76. The van der Waals surface area contributed by atoms with Gasteiger partial charge in [0.1, 0.15) is 24.7 Å². The van der Waals surface area contributed by atoms with Gasteiger partial charge in [-0.05, 0) is 36.8 Å². The molecule has 1 amide bonds. The van der Waals surface area contributed by atoms with Crippen LogP contribution in [0.4, 0.5) is 11.4 Å². The van der Waals surface area contributed by atoms with E-state index in [0.29, 0.717) is 37.9 Å². The average Bonchev–Trinajstić information content (AvgIpc) is 2.81. The molecule has 0 aliphatic carbocycles. The van der Waals surface area contributed by atoms with Crippen LogP contribution in [0.1, 0.15) is 12.5 Å². The molecule has 0 heterocycles. The van der Waals surface area contributed by atoms with Crippen molar-refractivity contribution in [1.29, 1.82) is 0 Å². The van der Waals surface area contributed by atoms with Crippen LogP contribution in [0.2, 0.25) is 0 Å². The number of ether oxygens (including phenoxy) is 3. The molecule has 0 radical (unpaired) electrons. The van der Waals surface area contributed by atoms with E-state index in [1.807, 2.05) is 85.8 Å². The van der Waals surface area contributed by atoms with Crippen molar-refractivity contribution in [2.75, 3.05) is 37.0 Å². The van der Waals surface area contributed by atoms with Crippen LogP contribution in [0.25, 0.3) is 0 Å². The number of rotatable bonds is 12. The zero-order chi connectivity index (χ0) is 21.7. The maximum Gasteiger partial charge on any atom is 0.243 e. The molecule has 2 N–H and O–H groups in total. The molecule has 0 aliphatic heterocycles.